The van der Waals surface area contributed by atoms with Gasteiger partial charge in [-0.25, -0.2) is 9.37 Å². The number of piperazine rings is 1. The molecule has 2 aromatic rings. The maximum Gasteiger partial charge on any atom is 0.418 e. The van der Waals surface area contributed by atoms with Crippen LogP contribution in [0.3, 0.4) is 0 Å². The zero-order chi connectivity index (χ0) is 28.0. The van der Waals surface area contributed by atoms with Gasteiger partial charge in [-0.05, 0) is 72.8 Å². The highest BCUT2D eigenvalue weighted by atomic mass is 19.4. The first-order chi connectivity index (χ1) is 17.6. The van der Waals surface area contributed by atoms with Crippen LogP contribution in [0.1, 0.15) is 46.1 Å². The molecule has 38 heavy (non-hydrogen) atoms. The molecule has 0 atom stereocenters. The van der Waals surface area contributed by atoms with Crippen LogP contribution in [0.2, 0.25) is 0 Å². The van der Waals surface area contributed by atoms with E-state index in [4.69, 9.17) is 0 Å². The van der Waals surface area contributed by atoms with Crippen molar-refractivity contribution < 1.29 is 17.6 Å². The number of nitrogens with zero attached hydrogens (tertiary/aromatic N) is 6. The molecule has 0 radical (unpaired) electrons. The standard InChI is InChI=1S/C27H39F4N7/c1-25(2)15-19(16-26(3,4)37(25)7)36(6)23-21(28)17-32-24(34-23)33-18-8-9-22(20(14-18)27(29,30)31)38-12-10-35(5)11-13-38/h8-9,14,17,19H,10-13,15-16H2,1-7H3,(H,32,33,34). The summed E-state index contributed by atoms with van der Waals surface area (Å²) < 4.78 is 57.0. The van der Waals surface area contributed by atoms with Crippen LogP contribution in [-0.2, 0) is 6.18 Å². The number of hydrogen-bond donors (Lipinski definition) is 1. The van der Waals surface area contributed by atoms with Crippen LogP contribution < -0.4 is 15.1 Å². The first-order valence-corrected chi connectivity index (χ1v) is 13.0. The molecule has 0 unspecified atom stereocenters. The summed E-state index contributed by atoms with van der Waals surface area (Å²) in [5.74, 6) is -0.414. The van der Waals surface area contributed by atoms with Gasteiger partial charge in [0.1, 0.15) is 0 Å². The van der Waals surface area contributed by atoms with Crippen LogP contribution >= 0.6 is 0 Å². The summed E-state index contributed by atoms with van der Waals surface area (Å²) in [6.45, 7) is 11.1. The zero-order valence-corrected chi connectivity index (χ0v) is 23.3. The van der Waals surface area contributed by atoms with E-state index in [1.807, 2.05) is 19.0 Å². The third-order valence-electron chi connectivity index (χ3n) is 8.30. The van der Waals surface area contributed by atoms with Crippen molar-refractivity contribution in [2.45, 2.75) is 63.8 Å². The number of likely N-dealkylation sites (tertiary alicyclic amines) is 1. The Morgan fingerprint density at radius 1 is 1.00 bits per heavy atom. The number of anilines is 4. The summed E-state index contributed by atoms with van der Waals surface area (Å²) in [6.07, 6.45) is -1.86. The molecule has 1 N–H and O–H groups in total. The summed E-state index contributed by atoms with van der Waals surface area (Å²) in [5, 5.41) is 2.87. The van der Waals surface area contributed by atoms with Gasteiger partial charge in [0, 0.05) is 61.7 Å². The fourth-order valence-corrected chi connectivity index (χ4v) is 5.72. The van der Waals surface area contributed by atoms with Gasteiger partial charge in [0.2, 0.25) is 5.95 Å². The van der Waals surface area contributed by atoms with Gasteiger partial charge in [-0.15, -0.1) is 0 Å². The third-order valence-corrected chi connectivity index (χ3v) is 8.30. The predicted molar refractivity (Wildman–Crippen MR) is 144 cm³/mol. The van der Waals surface area contributed by atoms with E-state index in [-0.39, 0.29) is 40.3 Å². The highest BCUT2D eigenvalue weighted by Gasteiger charge is 2.44. The summed E-state index contributed by atoms with van der Waals surface area (Å²) in [7, 11) is 5.87. The smallest absolute Gasteiger partial charge is 0.368 e. The molecular formula is C27H39F4N7. The molecule has 1 aromatic heterocycles. The van der Waals surface area contributed by atoms with Crippen LogP contribution in [0.25, 0.3) is 0 Å². The van der Waals surface area contributed by atoms with Gasteiger partial charge in [-0.3, -0.25) is 4.90 Å². The number of halogens is 4. The topological polar surface area (TPSA) is 50.8 Å². The van der Waals surface area contributed by atoms with Crippen molar-refractivity contribution in [3.8, 4) is 0 Å². The lowest BCUT2D eigenvalue weighted by Gasteiger charge is -2.55. The molecule has 0 spiro atoms. The average molecular weight is 538 g/mol. The second-order valence-electron chi connectivity index (χ2n) is 11.9. The van der Waals surface area contributed by atoms with Crippen molar-refractivity contribution in [3.63, 3.8) is 0 Å². The van der Waals surface area contributed by atoms with Gasteiger partial charge >= 0.3 is 6.18 Å². The minimum atomic E-state index is -4.53. The van der Waals surface area contributed by atoms with Gasteiger partial charge in [0.05, 0.1) is 11.8 Å². The van der Waals surface area contributed by atoms with Crippen molar-refractivity contribution in [1.29, 1.82) is 0 Å². The van der Waals surface area contributed by atoms with Crippen molar-refractivity contribution in [1.82, 2.24) is 19.8 Å². The molecule has 0 amide bonds. The van der Waals surface area contributed by atoms with Gasteiger partial charge in [0.15, 0.2) is 11.6 Å². The van der Waals surface area contributed by atoms with Gasteiger partial charge in [-0.1, -0.05) is 0 Å². The van der Waals surface area contributed by atoms with Gasteiger partial charge in [-0.2, -0.15) is 18.2 Å². The Bertz CT molecular complexity index is 1120. The van der Waals surface area contributed by atoms with E-state index in [2.05, 4.69) is 59.8 Å². The normalized spacial score (nSPS) is 21.0. The first-order valence-electron chi connectivity index (χ1n) is 13.0. The number of hydrogen-bond acceptors (Lipinski definition) is 7. The number of benzene rings is 1. The molecule has 2 saturated heterocycles. The fourth-order valence-electron chi connectivity index (χ4n) is 5.72. The number of rotatable bonds is 5. The summed E-state index contributed by atoms with van der Waals surface area (Å²) >= 11 is 0. The second kappa shape index (κ2) is 10.1. The zero-order valence-electron chi connectivity index (χ0n) is 23.3. The monoisotopic (exact) mass is 537 g/mol. The molecular weight excluding hydrogens is 498 g/mol. The maximum absolute atomic E-state index is 14.9. The third kappa shape index (κ3) is 5.83. The van der Waals surface area contributed by atoms with E-state index in [9.17, 15) is 17.6 Å². The Kier molecular flexibility index (Phi) is 7.57. The quantitative estimate of drug-likeness (QED) is 0.525. The lowest BCUT2D eigenvalue weighted by atomic mass is 9.77. The van der Waals surface area contributed by atoms with Gasteiger partial charge < -0.3 is 20.0 Å². The fraction of sp³-hybridized carbons (Fsp3) is 0.630. The highest BCUT2D eigenvalue weighted by Crippen LogP contribution is 2.41. The Morgan fingerprint density at radius 3 is 2.18 bits per heavy atom. The summed E-state index contributed by atoms with van der Waals surface area (Å²) in [5.41, 5.74) is -0.585. The number of alkyl halides is 3. The van der Waals surface area contributed by atoms with Crippen LogP contribution in [0.4, 0.5) is 40.7 Å². The first kappa shape index (κ1) is 28.4. The molecule has 11 heteroatoms. The number of piperidine rings is 1. The molecule has 0 aliphatic carbocycles. The Hall–Kier alpha value is -2.66. The molecule has 0 bridgehead atoms. The van der Waals surface area contributed by atoms with Crippen molar-refractivity contribution >= 4 is 23.1 Å². The molecule has 2 fully saturated rings. The molecule has 4 rings (SSSR count). The molecule has 2 aliphatic rings. The Morgan fingerprint density at radius 2 is 1.61 bits per heavy atom. The van der Waals surface area contributed by atoms with E-state index in [1.165, 1.54) is 6.07 Å². The Labute approximate surface area is 222 Å². The Balaban J connectivity index is 1.59. The molecule has 0 saturated carbocycles. The predicted octanol–water partition coefficient (Wildman–Crippen LogP) is 5.22. The lowest BCUT2D eigenvalue weighted by Crippen LogP contribution is -2.62. The molecule has 3 heterocycles. The average Bonchev–Trinajstić information content (AvgIpc) is 2.83. The molecule has 1 aromatic carbocycles. The summed E-state index contributed by atoms with van der Waals surface area (Å²) in [4.78, 5) is 16.4. The largest absolute Gasteiger partial charge is 0.418 e. The number of likely N-dealkylation sites (N-methyl/N-ethyl adjacent to an activating group) is 1. The lowest BCUT2D eigenvalue weighted by molar-refractivity contribution is -0.137. The van der Waals surface area contributed by atoms with Crippen LogP contribution in [-0.4, -0.2) is 84.2 Å². The van der Waals surface area contributed by atoms with Crippen LogP contribution in [0, 0.1) is 5.82 Å². The van der Waals surface area contributed by atoms with E-state index < -0.39 is 17.6 Å². The summed E-state index contributed by atoms with van der Waals surface area (Å²) in [6, 6.07) is 4.16. The second-order valence-corrected chi connectivity index (χ2v) is 11.9. The number of nitrogens with one attached hydrogen (secondary N) is 1. The van der Waals surface area contributed by atoms with E-state index >= 15 is 0 Å². The van der Waals surface area contributed by atoms with E-state index in [0.717, 1.165) is 25.1 Å². The van der Waals surface area contributed by atoms with E-state index in [1.54, 1.807) is 11.0 Å². The minimum Gasteiger partial charge on any atom is -0.368 e. The molecule has 7 nitrogen and oxygen atoms in total. The SMILES string of the molecule is CN1CCN(c2ccc(Nc3ncc(F)c(N(C)C4CC(C)(C)N(C)C(C)(C)C4)n3)cc2C(F)(F)F)CC1. The van der Waals surface area contributed by atoms with Crippen LogP contribution in [0.5, 0.6) is 0 Å². The molecule has 210 valence electrons. The van der Waals surface area contributed by atoms with Crippen molar-refractivity contribution in [2.75, 3.05) is 62.4 Å². The van der Waals surface area contributed by atoms with Crippen molar-refractivity contribution in [2.24, 2.45) is 0 Å². The van der Waals surface area contributed by atoms with E-state index in [0.29, 0.717) is 26.2 Å². The van der Waals surface area contributed by atoms with Crippen LogP contribution in [0.15, 0.2) is 24.4 Å². The highest BCUT2D eigenvalue weighted by molar-refractivity contribution is 5.65. The molecule has 2 aliphatic heterocycles. The van der Waals surface area contributed by atoms with Crippen molar-refractivity contribution in [3.05, 3.63) is 35.8 Å². The minimum absolute atomic E-state index is 0.0214. The van der Waals surface area contributed by atoms with Gasteiger partial charge in [0.25, 0.3) is 0 Å². The number of aromatic nitrogens is 2. The maximum atomic E-state index is 14.9.